The number of para-hydroxylation sites is 1. The van der Waals surface area contributed by atoms with E-state index in [2.05, 4.69) is 10.3 Å². The molecule has 1 aromatic heterocycles. The zero-order valence-electron chi connectivity index (χ0n) is 14.5. The van der Waals surface area contributed by atoms with Gasteiger partial charge in [-0.05, 0) is 31.4 Å². The summed E-state index contributed by atoms with van der Waals surface area (Å²) in [5.41, 5.74) is 1.47. The molecule has 1 N–H and O–H groups in total. The molecule has 0 bridgehead atoms. The fourth-order valence-electron chi connectivity index (χ4n) is 3.15. The Morgan fingerprint density at radius 1 is 1.20 bits per heavy atom. The topological polar surface area (TPSA) is 67.2 Å². The molecule has 0 radical (unpaired) electrons. The minimum atomic E-state index is -0.0335. The molecule has 6 heteroatoms. The average Bonchev–Trinajstić information content (AvgIpc) is 3.16. The smallest absolute Gasteiger partial charge is 0.272 e. The van der Waals surface area contributed by atoms with E-state index in [9.17, 15) is 9.59 Å². The lowest BCUT2D eigenvalue weighted by Gasteiger charge is -2.31. The van der Waals surface area contributed by atoms with Gasteiger partial charge in [0.1, 0.15) is 5.69 Å². The van der Waals surface area contributed by atoms with Gasteiger partial charge in [0.05, 0.1) is 12.5 Å². The van der Waals surface area contributed by atoms with Crippen molar-refractivity contribution in [3.63, 3.8) is 0 Å². The number of amides is 2. The van der Waals surface area contributed by atoms with Crippen molar-refractivity contribution in [2.45, 2.75) is 26.2 Å². The van der Waals surface area contributed by atoms with Gasteiger partial charge >= 0.3 is 0 Å². The molecule has 6 nitrogen and oxygen atoms in total. The predicted octanol–water partition coefficient (Wildman–Crippen LogP) is 2.25. The van der Waals surface area contributed by atoms with E-state index in [1.54, 1.807) is 12.5 Å². The third kappa shape index (κ3) is 3.90. The van der Waals surface area contributed by atoms with Gasteiger partial charge in [0.15, 0.2) is 0 Å². The fourth-order valence-corrected chi connectivity index (χ4v) is 3.15. The van der Waals surface area contributed by atoms with E-state index in [0.717, 1.165) is 12.1 Å². The van der Waals surface area contributed by atoms with Gasteiger partial charge in [-0.1, -0.05) is 25.1 Å². The van der Waals surface area contributed by atoms with Crippen LogP contribution >= 0.6 is 0 Å². The Morgan fingerprint density at radius 2 is 1.92 bits per heavy atom. The number of aromatic nitrogens is 2. The summed E-state index contributed by atoms with van der Waals surface area (Å²) < 4.78 is 1.81. The lowest BCUT2D eigenvalue weighted by Crippen LogP contribution is -2.43. The summed E-state index contributed by atoms with van der Waals surface area (Å²) in [6.45, 7) is 3.96. The van der Waals surface area contributed by atoms with Crippen molar-refractivity contribution >= 4 is 11.8 Å². The number of carbonyl (C=O) groups excluding carboxylic acids is 2. The molecule has 1 aliphatic heterocycles. The van der Waals surface area contributed by atoms with E-state index in [1.165, 1.54) is 0 Å². The van der Waals surface area contributed by atoms with Crippen LogP contribution in [-0.4, -0.2) is 45.9 Å². The van der Waals surface area contributed by atoms with Gasteiger partial charge in [0, 0.05) is 31.2 Å². The monoisotopic (exact) mass is 340 g/mol. The molecule has 2 amide bonds. The zero-order chi connectivity index (χ0) is 17.6. The van der Waals surface area contributed by atoms with Crippen molar-refractivity contribution in [3.8, 4) is 5.69 Å². The maximum atomic E-state index is 12.9. The SMILES string of the molecule is CCCNC(=O)C1CCN(C(=O)c2cncn2-c2ccccc2)CC1. The Bertz CT molecular complexity index is 718. The highest BCUT2D eigenvalue weighted by Crippen LogP contribution is 2.20. The molecule has 25 heavy (non-hydrogen) atoms. The third-order valence-corrected chi connectivity index (χ3v) is 4.59. The number of nitrogens with one attached hydrogen (secondary N) is 1. The summed E-state index contributed by atoms with van der Waals surface area (Å²) in [5, 5.41) is 2.95. The van der Waals surface area contributed by atoms with E-state index >= 15 is 0 Å². The molecule has 1 saturated heterocycles. The van der Waals surface area contributed by atoms with Crippen molar-refractivity contribution in [1.29, 1.82) is 0 Å². The van der Waals surface area contributed by atoms with E-state index in [4.69, 9.17) is 0 Å². The summed E-state index contributed by atoms with van der Waals surface area (Å²) >= 11 is 0. The van der Waals surface area contributed by atoms with Crippen LogP contribution in [0.4, 0.5) is 0 Å². The zero-order valence-corrected chi connectivity index (χ0v) is 14.5. The summed E-state index contributed by atoms with van der Waals surface area (Å²) in [6.07, 6.45) is 5.62. The molecular weight excluding hydrogens is 316 g/mol. The molecule has 1 aromatic carbocycles. The van der Waals surface area contributed by atoms with E-state index in [-0.39, 0.29) is 17.7 Å². The lowest BCUT2D eigenvalue weighted by molar-refractivity contribution is -0.126. The van der Waals surface area contributed by atoms with E-state index in [0.29, 0.717) is 38.2 Å². The first kappa shape index (κ1) is 17.2. The van der Waals surface area contributed by atoms with Crippen LogP contribution in [0.25, 0.3) is 5.69 Å². The number of piperidine rings is 1. The molecule has 0 unspecified atom stereocenters. The largest absolute Gasteiger partial charge is 0.356 e. The molecule has 3 rings (SSSR count). The number of nitrogens with zero attached hydrogens (tertiary/aromatic N) is 3. The molecular formula is C19H24N4O2. The van der Waals surface area contributed by atoms with Crippen molar-refractivity contribution in [3.05, 3.63) is 48.5 Å². The maximum absolute atomic E-state index is 12.9. The van der Waals surface area contributed by atoms with Crippen LogP contribution in [0.1, 0.15) is 36.7 Å². The second-order valence-corrected chi connectivity index (χ2v) is 6.34. The van der Waals surface area contributed by atoms with Crippen molar-refractivity contribution < 1.29 is 9.59 Å². The molecule has 1 fully saturated rings. The van der Waals surface area contributed by atoms with Crippen LogP contribution in [0.3, 0.4) is 0 Å². The number of imidazole rings is 1. The maximum Gasteiger partial charge on any atom is 0.272 e. The highest BCUT2D eigenvalue weighted by molar-refractivity contribution is 5.93. The summed E-state index contributed by atoms with van der Waals surface area (Å²) in [5.74, 6) is 0.0895. The van der Waals surface area contributed by atoms with E-state index in [1.807, 2.05) is 46.7 Å². The first-order valence-electron chi connectivity index (χ1n) is 8.85. The summed E-state index contributed by atoms with van der Waals surface area (Å²) in [7, 11) is 0. The minimum Gasteiger partial charge on any atom is -0.356 e. The van der Waals surface area contributed by atoms with Crippen LogP contribution in [0, 0.1) is 5.92 Å². The van der Waals surface area contributed by atoms with Gasteiger partial charge in [-0.2, -0.15) is 0 Å². The molecule has 0 saturated carbocycles. The summed E-state index contributed by atoms with van der Waals surface area (Å²) in [6, 6.07) is 9.70. The van der Waals surface area contributed by atoms with Crippen LogP contribution in [0.5, 0.6) is 0 Å². The quantitative estimate of drug-likeness (QED) is 0.908. The van der Waals surface area contributed by atoms with Crippen LogP contribution in [0.2, 0.25) is 0 Å². The first-order chi connectivity index (χ1) is 12.2. The van der Waals surface area contributed by atoms with E-state index < -0.39 is 0 Å². The number of carbonyl (C=O) groups is 2. The molecule has 0 aliphatic carbocycles. The Kier molecular flexibility index (Phi) is 5.48. The predicted molar refractivity (Wildman–Crippen MR) is 95.5 cm³/mol. The second-order valence-electron chi connectivity index (χ2n) is 6.34. The number of rotatable bonds is 5. The minimum absolute atomic E-state index is 0.00892. The fraction of sp³-hybridized carbons (Fsp3) is 0.421. The van der Waals surface area contributed by atoms with Crippen molar-refractivity contribution in [2.75, 3.05) is 19.6 Å². The van der Waals surface area contributed by atoms with Crippen molar-refractivity contribution in [1.82, 2.24) is 19.8 Å². The van der Waals surface area contributed by atoms with Gasteiger partial charge in [0.2, 0.25) is 5.91 Å². The average molecular weight is 340 g/mol. The highest BCUT2D eigenvalue weighted by Gasteiger charge is 2.28. The second kappa shape index (κ2) is 7.96. The highest BCUT2D eigenvalue weighted by atomic mass is 16.2. The van der Waals surface area contributed by atoms with Crippen LogP contribution in [-0.2, 0) is 4.79 Å². The third-order valence-electron chi connectivity index (χ3n) is 4.59. The normalized spacial score (nSPS) is 15.2. The Morgan fingerprint density at radius 3 is 2.60 bits per heavy atom. The first-order valence-corrected chi connectivity index (χ1v) is 8.85. The molecule has 2 heterocycles. The van der Waals surface area contributed by atoms with Gasteiger partial charge in [-0.25, -0.2) is 4.98 Å². The van der Waals surface area contributed by atoms with Crippen molar-refractivity contribution in [2.24, 2.45) is 5.92 Å². The number of likely N-dealkylation sites (tertiary alicyclic amines) is 1. The van der Waals surface area contributed by atoms with Gasteiger partial charge in [-0.3, -0.25) is 14.2 Å². The number of benzene rings is 1. The molecule has 0 atom stereocenters. The van der Waals surface area contributed by atoms with Gasteiger partial charge in [-0.15, -0.1) is 0 Å². The summed E-state index contributed by atoms with van der Waals surface area (Å²) in [4.78, 5) is 30.9. The van der Waals surface area contributed by atoms with Crippen LogP contribution < -0.4 is 5.32 Å². The molecule has 0 spiro atoms. The van der Waals surface area contributed by atoms with Gasteiger partial charge in [0.25, 0.3) is 5.91 Å². The Balaban J connectivity index is 1.64. The Hall–Kier alpha value is -2.63. The lowest BCUT2D eigenvalue weighted by atomic mass is 9.95. The van der Waals surface area contributed by atoms with Gasteiger partial charge < -0.3 is 10.2 Å². The Labute approximate surface area is 147 Å². The molecule has 1 aliphatic rings. The number of hydrogen-bond acceptors (Lipinski definition) is 3. The standard InChI is InChI=1S/C19H24N4O2/c1-2-10-21-18(24)15-8-11-22(12-9-15)19(25)17-13-20-14-23(17)16-6-4-3-5-7-16/h3-7,13-15H,2,8-12H2,1H3,(H,21,24). The van der Waals surface area contributed by atoms with Crippen LogP contribution in [0.15, 0.2) is 42.9 Å². The molecule has 132 valence electrons. The molecule has 2 aromatic rings. The number of hydrogen-bond donors (Lipinski definition) is 1.